The van der Waals surface area contributed by atoms with Gasteiger partial charge in [0.15, 0.2) is 0 Å². The first-order valence-electron chi connectivity index (χ1n) is 6.57. The molecule has 1 rings (SSSR count). The van der Waals surface area contributed by atoms with Crippen molar-refractivity contribution in [2.75, 3.05) is 12.3 Å². The Balaban J connectivity index is 3.30. The van der Waals surface area contributed by atoms with Crippen LogP contribution < -0.4 is 5.73 Å². The highest BCUT2D eigenvalue weighted by atomic mass is 35.5. The minimum Gasteiger partial charge on any atom is -0.462 e. The molecular formula is C15H20ClNO4. The highest BCUT2D eigenvalue weighted by molar-refractivity contribution is 6.34. The molecule has 0 fully saturated rings. The Hall–Kier alpha value is -1.75. The quantitative estimate of drug-likeness (QED) is 0.683. The maximum absolute atomic E-state index is 12.2. The lowest BCUT2D eigenvalue weighted by atomic mass is 10.0. The van der Waals surface area contributed by atoms with Gasteiger partial charge in [-0.05, 0) is 46.2 Å². The van der Waals surface area contributed by atoms with Crippen molar-refractivity contribution in [1.29, 1.82) is 0 Å². The van der Waals surface area contributed by atoms with Gasteiger partial charge in [-0.3, -0.25) is 0 Å². The third-order valence-corrected chi connectivity index (χ3v) is 2.98. The van der Waals surface area contributed by atoms with Crippen LogP contribution >= 0.6 is 11.6 Å². The van der Waals surface area contributed by atoms with Crippen molar-refractivity contribution in [3.63, 3.8) is 0 Å². The number of ether oxygens (including phenoxy) is 2. The molecule has 0 aliphatic heterocycles. The Morgan fingerprint density at radius 2 is 1.86 bits per heavy atom. The molecule has 0 spiro atoms. The lowest BCUT2D eigenvalue weighted by Gasteiger charge is -2.21. The van der Waals surface area contributed by atoms with Crippen molar-refractivity contribution in [3.8, 4) is 0 Å². The van der Waals surface area contributed by atoms with Crippen LogP contribution in [0.4, 0.5) is 5.69 Å². The summed E-state index contributed by atoms with van der Waals surface area (Å²) in [5.74, 6) is -1.15. The molecule has 0 aromatic heterocycles. The Labute approximate surface area is 129 Å². The number of hydrogen-bond donors (Lipinski definition) is 1. The first-order valence-corrected chi connectivity index (χ1v) is 6.95. The molecule has 5 nitrogen and oxygen atoms in total. The number of halogens is 1. The highest BCUT2D eigenvalue weighted by Gasteiger charge is 2.25. The molecule has 0 bridgehead atoms. The van der Waals surface area contributed by atoms with E-state index in [2.05, 4.69) is 0 Å². The van der Waals surface area contributed by atoms with E-state index in [-0.39, 0.29) is 28.4 Å². The van der Waals surface area contributed by atoms with Gasteiger partial charge < -0.3 is 15.2 Å². The van der Waals surface area contributed by atoms with Gasteiger partial charge in [0, 0.05) is 0 Å². The summed E-state index contributed by atoms with van der Waals surface area (Å²) in [6.45, 7) is 8.79. The Morgan fingerprint density at radius 1 is 1.29 bits per heavy atom. The smallest absolute Gasteiger partial charge is 0.340 e. The third-order valence-electron chi connectivity index (χ3n) is 2.68. The number of carbonyl (C=O) groups is 2. The van der Waals surface area contributed by atoms with Crippen molar-refractivity contribution >= 4 is 29.2 Å². The van der Waals surface area contributed by atoms with E-state index in [1.807, 2.05) is 0 Å². The van der Waals surface area contributed by atoms with Crippen LogP contribution in [0.15, 0.2) is 6.07 Å². The van der Waals surface area contributed by atoms with Crippen LogP contribution in [0.1, 0.15) is 54.0 Å². The zero-order valence-electron chi connectivity index (χ0n) is 12.9. The fourth-order valence-corrected chi connectivity index (χ4v) is 2.08. The highest BCUT2D eigenvalue weighted by Crippen LogP contribution is 2.30. The molecule has 2 N–H and O–H groups in total. The molecule has 1 aromatic carbocycles. The van der Waals surface area contributed by atoms with E-state index < -0.39 is 17.5 Å². The number of nitrogen functional groups attached to an aromatic ring is 1. The molecule has 0 aliphatic rings. The first kappa shape index (κ1) is 17.3. The number of hydrogen-bond acceptors (Lipinski definition) is 5. The molecule has 0 saturated carbocycles. The second-order valence-electron chi connectivity index (χ2n) is 5.54. The van der Waals surface area contributed by atoms with Gasteiger partial charge in [0.1, 0.15) is 5.60 Å². The van der Waals surface area contributed by atoms with Crippen LogP contribution in [0.5, 0.6) is 0 Å². The number of benzene rings is 1. The van der Waals surface area contributed by atoms with Gasteiger partial charge in [0.05, 0.1) is 28.4 Å². The fraction of sp³-hybridized carbons (Fsp3) is 0.467. The average Bonchev–Trinajstić information content (AvgIpc) is 2.31. The summed E-state index contributed by atoms with van der Waals surface area (Å²) in [6, 6.07) is 1.33. The first-order chi connectivity index (χ1) is 9.58. The molecule has 0 unspecified atom stereocenters. The molecule has 0 heterocycles. The van der Waals surface area contributed by atoms with E-state index in [0.717, 1.165) is 0 Å². The Bertz CT molecular complexity index is 576. The second kappa shape index (κ2) is 6.35. The van der Waals surface area contributed by atoms with Crippen LogP contribution in [0.2, 0.25) is 5.02 Å². The van der Waals surface area contributed by atoms with Crippen LogP contribution in [0.25, 0.3) is 0 Å². The Morgan fingerprint density at radius 3 is 2.33 bits per heavy atom. The van der Waals surface area contributed by atoms with Gasteiger partial charge in [-0.15, -0.1) is 0 Å². The maximum atomic E-state index is 12.2. The third kappa shape index (κ3) is 4.11. The van der Waals surface area contributed by atoms with E-state index in [9.17, 15) is 9.59 Å². The summed E-state index contributed by atoms with van der Waals surface area (Å²) in [5, 5.41) is 0.110. The molecule has 116 valence electrons. The zero-order valence-corrected chi connectivity index (χ0v) is 13.6. The number of anilines is 1. The largest absolute Gasteiger partial charge is 0.462 e. The van der Waals surface area contributed by atoms with Crippen LogP contribution in [0, 0.1) is 6.92 Å². The summed E-state index contributed by atoms with van der Waals surface area (Å²) in [5.41, 5.74) is 6.14. The predicted molar refractivity (Wildman–Crippen MR) is 81.7 cm³/mol. The molecule has 6 heteroatoms. The summed E-state index contributed by atoms with van der Waals surface area (Å²) in [6.07, 6.45) is 0. The molecule has 1 aromatic rings. The lowest BCUT2D eigenvalue weighted by molar-refractivity contribution is 0.00685. The SMILES string of the molecule is CCOC(=O)c1cc(Cl)c(C(=O)OC(C)(C)C)c(C)c1N. The average molecular weight is 314 g/mol. The second-order valence-corrected chi connectivity index (χ2v) is 5.95. The Kier molecular flexibility index (Phi) is 5.23. The minimum absolute atomic E-state index is 0.110. The molecule has 0 amide bonds. The van der Waals surface area contributed by atoms with E-state index in [1.165, 1.54) is 6.07 Å². The van der Waals surface area contributed by atoms with Crippen LogP contribution in [-0.4, -0.2) is 24.1 Å². The van der Waals surface area contributed by atoms with E-state index in [0.29, 0.717) is 5.56 Å². The monoisotopic (exact) mass is 313 g/mol. The number of nitrogens with two attached hydrogens (primary N) is 1. The van der Waals surface area contributed by atoms with Crippen molar-refractivity contribution in [2.45, 2.75) is 40.2 Å². The van der Waals surface area contributed by atoms with Crippen LogP contribution in [-0.2, 0) is 9.47 Å². The maximum Gasteiger partial charge on any atom is 0.340 e. The minimum atomic E-state index is -0.651. The topological polar surface area (TPSA) is 78.6 Å². The fourth-order valence-electron chi connectivity index (χ4n) is 1.75. The van der Waals surface area contributed by atoms with Crippen molar-refractivity contribution in [3.05, 3.63) is 27.8 Å². The summed E-state index contributed by atoms with van der Waals surface area (Å²) < 4.78 is 10.2. The van der Waals surface area contributed by atoms with Crippen molar-refractivity contribution in [1.82, 2.24) is 0 Å². The van der Waals surface area contributed by atoms with Gasteiger partial charge in [-0.25, -0.2) is 9.59 Å². The van der Waals surface area contributed by atoms with E-state index >= 15 is 0 Å². The van der Waals surface area contributed by atoms with Gasteiger partial charge in [-0.1, -0.05) is 11.6 Å². The number of carbonyl (C=O) groups excluding carboxylic acids is 2. The lowest BCUT2D eigenvalue weighted by Crippen LogP contribution is -2.25. The molecule has 0 atom stereocenters. The van der Waals surface area contributed by atoms with E-state index in [4.69, 9.17) is 26.8 Å². The van der Waals surface area contributed by atoms with Crippen molar-refractivity contribution in [2.24, 2.45) is 0 Å². The predicted octanol–water partition coefficient (Wildman–Crippen LogP) is 3.36. The van der Waals surface area contributed by atoms with Gasteiger partial charge in [-0.2, -0.15) is 0 Å². The van der Waals surface area contributed by atoms with Crippen molar-refractivity contribution < 1.29 is 19.1 Å². The molecule has 0 radical (unpaired) electrons. The van der Waals surface area contributed by atoms with Crippen LogP contribution in [0.3, 0.4) is 0 Å². The summed E-state index contributed by atoms with van der Waals surface area (Å²) >= 11 is 6.11. The van der Waals surface area contributed by atoms with Gasteiger partial charge in [0.25, 0.3) is 0 Å². The number of rotatable bonds is 3. The zero-order chi connectivity index (χ0) is 16.4. The summed E-state index contributed by atoms with van der Waals surface area (Å²) in [7, 11) is 0. The number of esters is 2. The van der Waals surface area contributed by atoms with Gasteiger partial charge >= 0.3 is 11.9 Å². The molecule has 21 heavy (non-hydrogen) atoms. The standard InChI is InChI=1S/C15H20ClNO4/c1-6-20-13(18)9-7-10(16)11(8(2)12(9)17)14(19)21-15(3,4)5/h7H,6,17H2,1-5H3. The molecule has 0 saturated heterocycles. The normalized spacial score (nSPS) is 11.1. The van der Waals surface area contributed by atoms with Gasteiger partial charge in [0.2, 0.25) is 0 Å². The molecule has 0 aliphatic carbocycles. The van der Waals surface area contributed by atoms with E-state index in [1.54, 1.807) is 34.6 Å². The molecular weight excluding hydrogens is 294 g/mol. The summed E-state index contributed by atoms with van der Waals surface area (Å²) in [4.78, 5) is 24.0.